The molecule has 88 valence electrons. The summed E-state index contributed by atoms with van der Waals surface area (Å²) in [4.78, 5) is 12.6. The van der Waals surface area contributed by atoms with Gasteiger partial charge < -0.3 is 4.74 Å². The summed E-state index contributed by atoms with van der Waals surface area (Å²) in [5, 5.41) is 0.408. The molecule has 0 fully saturated rings. The van der Waals surface area contributed by atoms with E-state index in [9.17, 15) is 0 Å². The third-order valence-electron chi connectivity index (χ3n) is 2.33. The Balaban J connectivity index is 2.48. The molecule has 0 saturated heterocycles. The predicted molar refractivity (Wildman–Crippen MR) is 65.7 cm³/mol. The number of aryl methyl sites for hydroxylation is 1. The highest BCUT2D eigenvalue weighted by molar-refractivity contribution is 6.29. The molecule has 0 aliphatic carbocycles. The van der Waals surface area contributed by atoms with Gasteiger partial charge in [-0.3, -0.25) is 4.98 Å². The second-order valence-corrected chi connectivity index (χ2v) is 4.00. The Kier molecular flexibility index (Phi) is 3.66. The lowest BCUT2D eigenvalue weighted by atomic mass is 10.1. The summed E-state index contributed by atoms with van der Waals surface area (Å²) in [6, 6.07) is 3.66. The number of pyridine rings is 1. The van der Waals surface area contributed by atoms with Gasteiger partial charge in [-0.25, -0.2) is 9.97 Å². The van der Waals surface area contributed by atoms with Crippen molar-refractivity contribution in [3.05, 3.63) is 41.1 Å². The molecule has 5 heteroatoms. The van der Waals surface area contributed by atoms with Crippen molar-refractivity contribution in [1.82, 2.24) is 15.0 Å². The maximum atomic E-state index is 5.96. The molecule has 0 aromatic carbocycles. The van der Waals surface area contributed by atoms with Crippen LogP contribution in [-0.4, -0.2) is 22.1 Å². The third kappa shape index (κ3) is 2.78. The molecule has 0 aliphatic rings. The van der Waals surface area contributed by atoms with Crippen LogP contribution in [0.3, 0.4) is 0 Å². The average Bonchev–Trinajstić information content (AvgIpc) is 2.29. The van der Waals surface area contributed by atoms with Gasteiger partial charge in [-0.2, -0.15) is 0 Å². The van der Waals surface area contributed by atoms with Gasteiger partial charge in [0.2, 0.25) is 0 Å². The monoisotopic (exact) mass is 249 g/mol. The molecule has 2 aromatic rings. The molecule has 2 rings (SSSR count). The minimum absolute atomic E-state index is 0.340. The van der Waals surface area contributed by atoms with Gasteiger partial charge in [0.1, 0.15) is 11.8 Å². The number of aromatic nitrogens is 3. The number of nitrogens with zero attached hydrogens (tertiary/aromatic N) is 3. The zero-order valence-corrected chi connectivity index (χ0v) is 10.4. The zero-order valence-electron chi connectivity index (χ0n) is 9.64. The molecule has 0 aliphatic heterocycles. The first-order valence-electron chi connectivity index (χ1n) is 5.14. The molecule has 0 unspecified atom stereocenters. The molecule has 2 heterocycles. The summed E-state index contributed by atoms with van der Waals surface area (Å²) in [6.45, 7) is 2.34. The number of halogens is 1. The number of ether oxygens (including phenoxy) is 1. The number of methoxy groups -OCH3 is 1. The largest absolute Gasteiger partial charge is 0.377 e. The highest BCUT2D eigenvalue weighted by Crippen LogP contribution is 2.22. The fourth-order valence-corrected chi connectivity index (χ4v) is 1.73. The topological polar surface area (TPSA) is 47.9 Å². The molecule has 2 aromatic heterocycles. The van der Waals surface area contributed by atoms with Crippen LogP contribution in [0.4, 0.5) is 0 Å². The van der Waals surface area contributed by atoms with Crippen molar-refractivity contribution in [1.29, 1.82) is 0 Å². The van der Waals surface area contributed by atoms with Crippen molar-refractivity contribution in [2.45, 2.75) is 13.5 Å². The van der Waals surface area contributed by atoms with E-state index in [2.05, 4.69) is 15.0 Å². The normalized spacial score (nSPS) is 10.5. The van der Waals surface area contributed by atoms with E-state index in [4.69, 9.17) is 16.3 Å². The summed E-state index contributed by atoms with van der Waals surface area (Å²) >= 11 is 5.96. The summed E-state index contributed by atoms with van der Waals surface area (Å²) in [7, 11) is 1.60. The van der Waals surface area contributed by atoms with Gasteiger partial charge in [0.25, 0.3) is 0 Å². The first-order chi connectivity index (χ1) is 8.20. The molecule has 0 bridgehead atoms. The van der Waals surface area contributed by atoms with Crippen LogP contribution in [0.5, 0.6) is 0 Å². The van der Waals surface area contributed by atoms with Crippen molar-refractivity contribution in [2.75, 3.05) is 7.11 Å². The fourth-order valence-electron chi connectivity index (χ4n) is 1.53. The predicted octanol–water partition coefficient (Wildman–Crippen LogP) is 2.65. The summed E-state index contributed by atoms with van der Waals surface area (Å²) in [6.07, 6.45) is 3.52. The van der Waals surface area contributed by atoms with E-state index in [1.807, 2.05) is 13.0 Å². The van der Waals surface area contributed by atoms with Gasteiger partial charge in [0, 0.05) is 31.1 Å². The SMILES string of the molecule is COCc1nc(Cl)cc(-c2cnccc2C)n1. The molecular weight excluding hydrogens is 238 g/mol. The molecule has 0 radical (unpaired) electrons. The Morgan fingerprint density at radius 1 is 1.35 bits per heavy atom. The quantitative estimate of drug-likeness (QED) is 0.785. The van der Waals surface area contributed by atoms with Gasteiger partial charge in [0.15, 0.2) is 5.82 Å². The van der Waals surface area contributed by atoms with Gasteiger partial charge in [0.05, 0.1) is 5.69 Å². The van der Waals surface area contributed by atoms with Crippen molar-refractivity contribution >= 4 is 11.6 Å². The van der Waals surface area contributed by atoms with Crippen molar-refractivity contribution in [3.8, 4) is 11.3 Å². The molecule has 4 nitrogen and oxygen atoms in total. The van der Waals surface area contributed by atoms with Crippen LogP contribution >= 0.6 is 11.6 Å². The number of hydrogen-bond acceptors (Lipinski definition) is 4. The van der Waals surface area contributed by atoms with E-state index in [0.717, 1.165) is 16.8 Å². The molecule has 0 atom stereocenters. The van der Waals surface area contributed by atoms with E-state index in [1.54, 1.807) is 25.6 Å². The molecule has 0 N–H and O–H groups in total. The first-order valence-corrected chi connectivity index (χ1v) is 5.52. The smallest absolute Gasteiger partial charge is 0.156 e. The number of hydrogen-bond donors (Lipinski definition) is 0. The highest BCUT2D eigenvalue weighted by Gasteiger charge is 2.07. The van der Waals surface area contributed by atoms with Crippen LogP contribution in [0.1, 0.15) is 11.4 Å². The zero-order chi connectivity index (χ0) is 12.3. The van der Waals surface area contributed by atoms with Crippen LogP contribution in [0.15, 0.2) is 24.5 Å². The minimum atomic E-state index is 0.340. The Morgan fingerprint density at radius 2 is 2.18 bits per heavy atom. The van der Waals surface area contributed by atoms with Crippen LogP contribution in [0.25, 0.3) is 11.3 Å². The van der Waals surface area contributed by atoms with E-state index in [0.29, 0.717) is 17.6 Å². The van der Waals surface area contributed by atoms with E-state index >= 15 is 0 Å². The molecular formula is C12H12ClN3O. The van der Waals surface area contributed by atoms with Gasteiger partial charge >= 0.3 is 0 Å². The Hall–Kier alpha value is -1.52. The lowest BCUT2D eigenvalue weighted by molar-refractivity contribution is 0.178. The fraction of sp³-hybridized carbons (Fsp3) is 0.250. The minimum Gasteiger partial charge on any atom is -0.377 e. The van der Waals surface area contributed by atoms with Gasteiger partial charge in [-0.05, 0) is 18.6 Å². The van der Waals surface area contributed by atoms with E-state index in [1.165, 1.54) is 0 Å². The summed E-state index contributed by atoms with van der Waals surface area (Å²) < 4.78 is 5.00. The molecule has 0 spiro atoms. The van der Waals surface area contributed by atoms with E-state index in [-0.39, 0.29) is 0 Å². The highest BCUT2D eigenvalue weighted by atomic mass is 35.5. The van der Waals surface area contributed by atoms with Crippen molar-refractivity contribution in [2.24, 2.45) is 0 Å². The Labute approximate surface area is 105 Å². The lowest BCUT2D eigenvalue weighted by Crippen LogP contribution is -1.99. The summed E-state index contributed by atoms with van der Waals surface area (Å²) in [5.74, 6) is 0.568. The van der Waals surface area contributed by atoms with Crippen molar-refractivity contribution < 1.29 is 4.74 Å². The first kappa shape index (κ1) is 12.0. The maximum absolute atomic E-state index is 5.96. The van der Waals surface area contributed by atoms with Crippen molar-refractivity contribution in [3.63, 3.8) is 0 Å². The third-order valence-corrected chi connectivity index (χ3v) is 2.52. The lowest BCUT2D eigenvalue weighted by Gasteiger charge is -2.06. The summed E-state index contributed by atoms with van der Waals surface area (Å²) in [5.41, 5.74) is 2.81. The maximum Gasteiger partial charge on any atom is 0.156 e. The van der Waals surface area contributed by atoms with Crippen LogP contribution < -0.4 is 0 Å². The van der Waals surface area contributed by atoms with Gasteiger partial charge in [-0.15, -0.1) is 0 Å². The standard InChI is InChI=1S/C12H12ClN3O/c1-8-3-4-14-6-9(8)10-5-11(13)16-12(15-10)7-17-2/h3-6H,7H2,1-2H3. The second kappa shape index (κ2) is 5.21. The Morgan fingerprint density at radius 3 is 2.88 bits per heavy atom. The molecule has 17 heavy (non-hydrogen) atoms. The average molecular weight is 250 g/mol. The van der Waals surface area contributed by atoms with E-state index < -0.39 is 0 Å². The second-order valence-electron chi connectivity index (χ2n) is 3.62. The van der Waals surface area contributed by atoms with Crippen LogP contribution in [-0.2, 0) is 11.3 Å². The van der Waals surface area contributed by atoms with Crippen LogP contribution in [0, 0.1) is 6.92 Å². The van der Waals surface area contributed by atoms with Gasteiger partial charge in [-0.1, -0.05) is 11.6 Å². The molecule has 0 amide bonds. The molecule has 0 saturated carbocycles. The Bertz CT molecular complexity index is 531. The van der Waals surface area contributed by atoms with Crippen LogP contribution in [0.2, 0.25) is 5.15 Å². The number of rotatable bonds is 3.